The number of phenols is 1. The highest BCUT2D eigenvalue weighted by molar-refractivity contribution is 6.50. The van der Waals surface area contributed by atoms with E-state index < -0.39 is 0 Å². The molecule has 7 heteroatoms. The summed E-state index contributed by atoms with van der Waals surface area (Å²) in [5, 5.41) is 14.6. The quantitative estimate of drug-likeness (QED) is 0.819. The molecule has 0 saturated carbocycles. The second-order valence-electron chi connectivity index (χ2n) is 5.02. The summed E-state index contributed by atoms with van der Waals surface area (Å²) >= 11 is 18.4. The molecule has 112 valence electrons. The Balaban J connectivity index is 2.10. The van der Waals surface area contributed by atoms with Gasteiger partial charge in [0.15, 0.2) is 0 Å². The molecule has 1 saturated heterocycles. The highest BCUT2D eigenvalue weighted by atomic mass is 35.5. The lowest BCUT2D eigenvalue weighted by Gasteiger charge is -2.27. The van der Waals surface area contributed by atoms with Crippen molar-refractivity contribution in [1.82, 2.24) is 15.2 Å². The average molecular weight is 347 g/mol. The van der Waals surface area contributed by atoms with Gasteiger partial charge in [0.25, 0.3) is 0 Å². The summed E-state index contributed by atoms with van der Waals surface area (Å²) in [7, 11) is 0. The monoisotopic (exact) mass is 345 g/mol. The molecule has 0 atom stereocenters. The van der Waals surface area contributed by atoms with Crippen molar-refractivity contribution in [2.45, 2.75) is 6.54 Å². The van der Waals surface area contributed by atoms with Crippen LogP contribution in [-0.2, 0) is 6.54 Å². The minimum atomic E-state index is 0.0505. The fourth-order valence-corrected chi connectivity index (χ4v) is 3.23. The van der Waals surface area contributed by atoms with Gasteiger partial charge in [-0.15, -0.1) is 0 Å². The summed E-state index contributed by atoms with van der Waals surface area (Å²) in [6.45, 7) is 4.60. The summed E-state index contributed by atoms with van der Waals surface area (Å²) in [5.74, 6) is 0.0505. The lowest BCUT2D eigenvalue weighted by Crippen LogP contribution is -2.42. The van der Waals surface area contributed by atoms with Gasteiger partial charge in [0, 0.05) is 38.1 Å². The van der Waals surface area contributed by atoms with Crippen molar-refractivity contribution >= 4 is 45.7 Å². The van der Waals surface area contributed by atoms with Gasteiger partial charge < -0.3 is 10.4 Å². The van der Waals surface area contributed by atoms with E-state index in [4.69, 9.17) is 34.8 Å². The van der Waals surface area contributed by atoms with E-state index >= 15 is 0 Å². The van der Waals surface area contributed by atoms with E-state index in [0.29, 0.717) is 15.9 Å². The van der Waals surface area contributed by atoms with E-state index in [1.165, 1.54) is 0 Å². The standard InChI is InChI=1S/C14H14Cl3N3O/c15-11-10-8(7-20-5-3-18-4-6-20)1-2-9(21)13(10)19-14(17)12(11)16/h1-2,18,21H,3-7H2. The van der Waals surface area contributed by atoms with E-state index in [1.807, 2.05) is 6.07 Å². The van der Waals surface area contributed by atoms with Gasteiger partial charge in [-0.1, -0.05) is 40.9 Å². The predicted octanol–water partition coefficient (Wildman–Crippen LogP) is 3.31. The molecule has 2 heterocycles. The van der Waals surface area contributed by atoms with Crippen molar-refractivity contribution in [3.8, 4) is 5.75 Å². The number of aromatic hydroxyl groups is 1. The van der Waals surface area contributed by atoms with Crippen LogP contribution in [0, 0.1) is 0 Å². The first-order chi connectivity index (χ1) is 10.1. The third-order valence-electron chi connectivity index (χ3n) is 3.65. The van der Waals surface area contributed by atoms with Gasteiger partial charge in [-0.05, 0) is 11.6 Å². The highest BCUT2D eigenvalue weighted by Crippen LogP contribution is 2.39. The second-order valence-corrected chi connectivity index (χ2v) is 6.14. The van der Waals surface area contributed by atoms with Crippen LogP contribution in [0.3, 0.4) is 0 Å². The lowest BCUT2D eigenvalue weighted by molar-refractivity contribution is 0.234. The zero-order chi connectivity index (χ0) is 15.0. The molecule has 0 bridgehead atoms. The van der Waals surface area contributed by atoms with Crippen LogP contribution in [0.25, 0.3) is 10.9 Å². The number of aromatic nitrogens is 1. The van der Waals surface area contributed by atoms with Gasteiger partial charge in [0.1, 0.15) is 16.4 Å². The first-order valence-corrected chi connectivity index (χ1v) is 7.79. The maximum absolute atomic E-state index is 9.99. The molecule has 2 aromatic rings. The number of rotatable bonds is 2. The van der Waals surface area contributed by atoms with Crippen LogP contribution in [0.4, 0.5) is 0 Å². The second kappa shape index (κ2) is 6.15. The molecular weight excluding hydrogens is 333 g/mol. The number of nitrogens with one attached hydrogen (secondary N) is 1. The number of piperazine rings is 1. The molecule has 0 radical (unpaired) electrons. The number of pyridine rings is 1. The Morgan fingerprint density at radius 3 is 2.57 bits per heavy atom. The van der Waals surface area contributed by atoms with Crippen molar-refractivity contribution in [2.24, 2.45) is 0 Å². The predicted molar refractivity (Wildman–Crippen MR) is 86.6 cm³/mol. The van der Waals surface area contributed by atoms with Crippen LogP contribution in [0.5, 0.6) is 5.75 Å². The van der Waals surface area contributed by atoms with Gasteiger partial charge in [-0.3, -0.25) is 4.90 Å². The zero-order valence-electron chi connectivity index (χ0n) is 11.2. The Bertz CT molecular complexity index is 687. The zero-order valence-corrected chi connectivity index (χ0v) is 13.4. The number of hydrogen-bond acceptors (Lipinski definition) is 4. The topological polar surface area (TPSA) is 48.4 Å². The maximum Gasteiger partial charge on any atom is 0.150 e. The molecule has 3 rings (SSSR count). The minimum Gasteiger partial charge on any atom is -0.506 e. The first kappa shape index (κ1) is 15.1. The maximum atomic E-state index is 9.99. The van der Waals surface area contributed by atoms with Crippen LogP contribution >= 0.6 is 34.8 Å². The Morgan fingerprint density at radius 2 is 1.86 bits per heavy atom. The van der Waals surface area contributed by atoms with Gasteiger partial charge >= 0.3 is 0 Å². The number of fused-ring (bicyclic) bond motifs is 1. The van der Waals surface area contributed by atoms with Crippen LogP contribution < -0.4 is 5.32 Å². The van der Waals surface area contributed by atoms with Crippen LogP contribution in [0.1, 0.15) is 5.56 Å². The number of halogens is 3. The molecule has 0 unspecified atom stereocenters. The SMILES string of the molecule is Oc1ccc(CN2CCNCC2)c2c(Cl)c(Cl)c(Cl)nc12. The van der Waals surface area contributed by atoms with Crippen molar-refractivity contribution in [3.05, 3.63) is 32.9 Å². The molecule has 0 amide bonds. The van der Waals surface area contributed by atoms with Crippen LogP contribution in [0.15, 0.2) is 12.1 Å². The summed E-state index contributed by atoms with van der Waals surface area (Å²) in [6, 6.07) is 3.48. The van der Waals surface area contributed by atoms with Crippen molar-refractivity contribution < 1.29 is 5.11 Å². The van der Waals surface area contributed by atoms with E-state index in [9.17, 15) is 5.11 Å². The van der Waals surface area contributed by atoms with Gasteiger partial charge in [-0.25, -0.2) is 4.98 Å². The van der Waals surface area contributed by atoms with Crippen molar-refractivity contribution in [1.29, 1.82) is 0 Å². The van der Waals surface area contributed by atoms with Crippen molar-refractivity contribution in [2.75, 3.05) is 26.2 Å². The van der Waals surface area contributed by atoms with Crippen molar-refractivity contribution in [3.63, 3.8) is 0 Å². The molecule has 0 spiro atoms. The molecule has 1 aliphatic heterocycles. The Hall–Kier alpha value is -0.780. The molecule has 2 N–H and O–H groups in total. The third-order valence-corrected chi connectivity index (χ3v) is 4.86. The third kappa shape index (κ3) is 2.91. The number of benzene rings is 1. The summed E-state index contributed by atoms with van der Waals surface area (Å²) in [5.41, 5.74) is 1.38. The summed E-state index contributed by atoms with van der Waals surface area (Å²) < 4.78 is 0. The van der Waals surface area contributed by atoms with E-state index in [-0.39, 0.29) is 15.9 Å². The summed E-state index contributed by atoms with van der Waals surface area (Å²) in [6.07, 6.45) is 0. The van der Waals surface area contributed by atoms with Crippen LogP contribution in [0.2, 0.25) is 15.2 Å². The minimum absolute atomic E-state index is 0.0505. The Kier molecular flexibility index (Phi) is 4.43. The lowest BCUT2D eigenvalue weighted by atomic mass is 10.1. The fourth-order valence-electron chi connectivity index (χ4n) is 2.57. The molecule has 1 aromatic heterocycles. The summed E-state index contributed by atoms with van der Waals surface area (Å²) in [4.78, 5) is 6.48. The molecule has 1 aliphatic rings. The van der Waals surface area contributed by atoms with Gasteiger partial charge in [0.2, 0.25) is 0 Å². The molecule has 1 fully saturated rings. The largest absolute Gasteiger partial charge is 0.506 e. The first-order valence-electron chi connectivity index (χ1n) is 6.66. The molecule has 4 nitrogen and oxygen atoms in total. The van der Waals surface area contributed by atoms with Gasteiger partial charge in [0.05, 0.1) is 10.0 Å². The smallest absolute Gasteiger partial charge is 0.150 e. The normalized spacial score (nSPS) is 16.5. The average Bonchev–Trinajstić information content (AvgIpc) is 2.49. The number of phenolic OH excluding ortho intramolecular Hbond substituents is 1. The Morgan fingerprint density at radius 1 is 1.14 bits per heavy atom. The van der Waals surface area contributed by atoms with Crippen LogP contribution in [-0.4, -0.2) is 41.2 Å². The van der Waals surface area contributed by atoms with E-state index in [2.05, 4.69) is 15.2 Å². The van der Waals surface area contributed by atoms with E-state index in [0.717, 1.165) is 38.3 Å². The Labute approximate surface area is 137 Å². The number of nitrogens with zero attached hydrogens (tertiary/aromatic N) is 2. The number of hydrogen-bond donors (Lipinski definition) is 2. The fraction of sp³-hybridized carbons (Fsp3) is 0.357. The molecule has 0 aliphatic carbocycles. The highest BCUT2D eigenvalue weighted by Gasteiger charge is 2.18. The molecule has 1 aromatic carbocycles. The van der Waals surface area contributed by atoms with Gasteiger partial charge in [-0.2, -0.15) is 0 Å². The molecular formula is C14H14Cl3N3O. The van der Waals surface area contributed by atoms with E-state index in [1.54, 1.807) is 6.07 Å². The molecule has 21 heavy (non-hydrogen) atoms.